The van der Waals surface area contributed by atoms with Gasteiger partial charge in [0.05, 0.1) is 17.6 Å². The van der Waals surface area contributed by atoms with Gasteiger partial charge in [-0.25, -0.2) is 4.68 Å². The summed E-state index contributed by atoms with van der Waals surface area (Å²) >= 11 is 6.54. The Bertz CT molecular complexity index is 1220. The molecule has 9 heteroatoms. The van der Waals surface area contributed by atoms with Gasteiger partial charge in [0, 0.05) is 22.6 Å². The van der Waals surface area contributed by atoms with Crippen LogP contribution in [0.25, 0.3) is 5.69 Å². The smallest absolute Gasteiger partial charge is 0.243 e. The summed E-state index contributed by atoms with van der Waals surface area (Å²) in [4.78, 5) is 39.5. The van der Waals surface area contributed by atoms with Crippen molar-refractivity contribution in [3.63, 3.8) is 0 Å². The molecule has 3 aromatic rings. The number of carbonyl (C=O) groups is 3. The molecule has 5 rings (SSSR count). The molecule has 1 aromatic heterocycles. The highest BCUT2D eigenvalue weighted by atomic mass is 35.5. The molecule has 8 nitrogen and oxygen atoms in total. The van der Waals surface area contributed by atoms with E-state index in [0.717, 1.165) is 5.69 Å². The van der Waals surface area contributed by atoms with E-state index in [9.17, 15) is 14.4 Å². The first-order chi connectivity index (χ1) is 14.4. The molecule has 0 saturated heterocycles. The Morgan fingerprint density at radius 1 is 1.17 bits per heavy atom. The first-order valence-corrected chi connectivity index (χ1v) is 9.64. The fraction of sp³-hybridized carbons (Fsp3) is 0.143. The van der Waals surface area contributed by atoms with Gasteiger partial charge in [0.25, 0.3) is 0 Å². The van der Waals surface area contributed by atoms with Crippen LogP contribution in [0.15, 0.2) is 54.7 Å². The van der Waals surface area contributed by atoms with Gasteiger partial charge in [-0.2, -0.15) is 5.10 Å². The van der Waals surface area contributed by atoms with Gasteiger partial charge in [-0.3, -0.25) is 14.4 Å². The Morgan fingerprint density at radius 3 is 2.67 bits per heavy atom. The summed E-state index contributed by atoms with van der Waals surface area (Å²) in [5, 5.41) is 7.62. The number of fused-ring (bicyclic) bond motifs is 4. The lowest BCUT2D eigenvalue weighted by molar-refractivity contribution is -0.127. The van der Waals surface area contributed by atoms with E-state index >= 15 is 0 Å². The number of aromatic nitrogens is 2. The minimum atomic E-state index is -1.38. The molecule has 30 heavy (non-hydrogen) atoms. The van der Waals surface area contributed by atoms with Crippen LogP contribution in [-0.2, 0) is 19.8 Å². The molecule has 1 atom stereocenters. The van der Waals surface area contributed by atoms with E-state index < -0.39 is 17.2 Å². The first-order valence-electron chi connectivity index (χ1n) is 9.26. The molecule has 2 aliphatic heterocycles. The number of hydrogen-bond acceptors (Lipinski definition) is 4. The predicted molar refractivity (Wildman–Crippen MR) is 111 cm³/mol. The summed E-state index contributed by atoms with van der Waals surface area (Å²) in [5.74, 6) is -1.03. The van der Waals surface area contributed by atoms with Gasteiger partial charge < -0.3 is 16.0 Å². The number of nitrogens with zero attached hydrogens (tertiary/aromatic N) is 3. The average Bonchev–Trinajstić information content (AvgIpc) is 3.23. The Kier molecular flexibility index (Phi) is 3.94. The monoisotopic (exact) mass is 421 g/mol. The second-order valence-electron chi connectivity index (χ2n) is 7.28. The topological polar surface area (TPSA) is 110 Å². The normalized spacial score (nSPS) is 19.6. The number of halogens is 1. The van der Waals surface area contributed by atoms with Crippen LogP contribution in [0.1, 0.15) is 17.5 Å². The number of rotatable bonds is 3. The van der Waals surface area contributed by atoms with E-state index in [-0.39, 0.29) is 18.9 Å². The molecule has 0 bridgehead atoms. The number of anilines is 2. The molecule has 1 spiro atoms. The quantitative estimate of drug-likeness (QED) is 0.673. The van der Waals surface area contributed by atoms with Crippen LogP contribution >= 0.6 is 11.6 Å². The number of benzene rings is 2. The van der Waals surface area contributed by atoms with E-state index in [0.29, 0.717) is 27.7 Å². The third kappa shape index (κ3) is 2.40. The van der Waals surface area contributed by atoms with Crippen LogP contribution in [0.4, 0.5) is 11.5 Å². The number of nitrogens with two attached hydrogens (primary N) is 1. The molecule has 0 aliphatic carbocycles. The van der Waals surface area contributed by atoms with Crippen molar-refractivity contribution in [2.45, 2.75) is 11.8 Å². The molecular weight excluding hydrogens is 406 g/mol. The highest BCUT2D eigenvalue weighted by molar-refractivity contribution is 6.34. The molecule has 0 saturated carbocycles. The van der Waals surface area contributed by atoms with Crippen molar-refractivity contribution < 1.29 is 14.4 Å². The molecule has 150 valence electrons. The maximum atomic E-state index is 13.7. The summed E-state index contributed by atoms with van der Waals surface area (Å²) in [6.45, 7) is -0.308. The van der Waals surface area contributed by atoms with Gasteiger partial charge >= 0.3 is 0 Å². The fourth-order valence-electron chi connectivity index (χ4n) is 4.39. The van der Waals surface area contributed by atoms with Crippen molar-refractivity contribution in [1.29, 1.82) is 0 Å². The van der Waals surface area contributed by atoms with Crippen LogP contribution in [0, 0.1) is 0 Å². The van der Waals surface area contributed by atoms with Crippen LogP contribution in [0.5, 0.6) is 0 Å². The lowest BCUT2D eigenvalue weighted by Crippen LogP contribution is -2.48. The Hall–Kier alpha value is -3.65. The maximum Gasteiger partial charge on any atom is 0.243 e. The minimum Gasteiger partial charge on any atom is -0.368 e. The van der Waals surface area contributed by atoms with Crippen LogP contribution in [0.2, 0.25) is 5.02 Å². The van der Waals surface area contributed by atoms with Crippen LogP contribution in [0.3, 0.4) is 0 Å². The third-order valence-electron chi connectivity index (χ3n) is 5.55. The largest absolute Gasteiger partial charge is 0.368 e. The van der Waals surface area contributed by atoms with Gasteiger partial charge in [0.1, 0.15) is 17.8 Å². The number of primary amides is 1. The lowest BCUT2D eigenvalue weighted by Gasteiger charge is -2.32. The number of nitrogens with one attached hydrogen (secondary N) is 1. The maximum absolute atomic E-state index is 13.7. The molecule has 2 aliphatic rings. The molecule has 3 amide bonds. The zero-order valence-electron chi connectivity index (χ0n) is 15.6. The van der Waals surface area contributed by atoms with Gasteiger partial charge in [0.15, 0.2) is 0 Å². The SMILES string of the molecule is NC(=O)CN1C(=O)[C@]2(CC(=O)Nc3c2cnn3-c2ccccc2)c2c(Cl)cccc21. The van der Waals surface area contributed by atoms with Crippen molar-refractivity contribution in [3.8, 4) is 5.69 Å². The summed E-state index contributed by atoms with van der Waals surface area (Å²) in [5.41, 5.74) is 6.22. The second-order valence-corrected chi connectivity index (χ2v) is 7.68. The van der Waals surface area contributed by atoms with Crippen molar-refractivity contribution in [2.24, 2.45) is 5.73 Å². The molecule has 3 heterocycles. The van der Waals surface area contributed by atoms with Crippen molar-refractivity contribution in [3.05, 3.63) is 70.9 Å². The standard InChI is InChI=1S/C21H16ClN5O3/c22-14-7-4-8-15-18(14)21(20(30)26(15)11-16(23)28)9-17(29)25-19-13(21)10-24-27(19)12-5-2-1-3-6-12/h1-8,10H,9,11H2,(H2,23,28)(H,25,29)/t21-/m0/s1. The Balaban J connectivity index is 1.79. The van der Waals surface area contributed by atoms with E-state index in [2.05, 4.69) is 10.4 Å². The van der Waals surface area contributed by atoms with Crippen molar-refractivity contribution in [1.82, 2.24) is 9.78 Å². The van der Waals surface area contributed by atoms with Gasteiger partial charge in [-0.15, -0.1) is 0 Å². The minimum absolute atomic E-state index is 0.148. The second kappa shape index (κ2) is 6.43. The average molecular weight is 422 g/mol. The number of carbonyl (C=O) groups excluding carboxylic acids is 3. The molecular formula is C21H16ClN5O3. The molecule has 0 unspecified atom stereocenters. The van der Waals surface area contributed by atoms with Gasteiger partial charge in [-0.05, 0) is 24.3 Å². The molecule has 0 radical (unpaired) electrons. The molecule has 3 N–H and O–H groups in total. The number of amides is 3. The third-order valence-corrected chi connectivity index (χ3v) is 5.86. The molecule has 0 fully saturated rings. The lowest BCUT2D eigenvalue weighted by atomic mass is 9.71. The number of para-hydroxylation sites is 1. The van der Waals surface area contributed by atoms with Gasteiger partial charge in [-0.1, -0.05) is 35.9 Å². The van der Waals surface area contributed by atoms with E-state index in [4.69, 9.17) is 17.3 Å². The first kappa shape index (κ1) is 18.4. The molecule has 2 aromatic carbocycles. The number of hydrogen-bond donors (Lipinski definition) is 2. The van der Waals surface area contributed by atoms with E-state index in [1.54, 1.807) is 29.1 Å². The summed E-state index contributed by atoms with van der Waals surface area (Å²) < 4.78 is 1.58. The van der Waals surface area contributed by atoms with Crippen LogP contribution in [-0.4, -0.2) is 34.0 Å². The summed E-state index contributed by atoms with van der Waals surface area (Å²) in [6, 6.07) is 14.3. The van der Waals surface area contributed by atoms with Crippen LogP contribution < -0.4 is 16.0 Å². The Labute approximate surface area is 176 Å². The zero-order chi connectivity index (χ0) is 21.0. The highest BCUT2D eigenvalue weighted by Gasteiger charge is 2.58. The highest BCUT2D eigenvalue weighted by Crippen LogP contribution is 2.54. The van der Waals surface area contributed by atoms with Crippen molar-refractivity contribution >= 4 is 40.8 Å². The van der Waals surface area contributed by atoms with Gasteiger partial charge in [0.2, 0.25) is 17.7 Å². The van der Waals surface area contributed by atoms with Crippen molar-refractivity contribution in [2.75, 3.05) is 16.8 Å². The van der Waals surface area contributed by atoms with E-state index in [1.807, 2.05) is 30.3 Å². The Morgan fingerprint density at radius 2 is 1.93 bits per heavy atom. The van der Waals surface area contributed by atoms with E-state index in [1.165, 1.54) is 4.90 Å². The zero-order valence-corrected chi connectivity index (χ0v) is 16.4. The summed E-state index contributed by atoms with van der Waals surface area (Å²) in [7, 11) is 0. The fourth-order valence-corrected chi connectivity index (χ4v) is 4.72. The predicted octanol–water partition coefficient (Wildman–Crippen LogP) is 1.99. The summed E-state index contributed by atoms with van der Waals surface area (Å²) in [6.07, 6.45) is 1.42.